The van der Waals surface area contributed by atoms with Gasteiger partial charge in [-0.05, 0) is 139 Å². The molecule has 0 atom stereocenters. The Hall–Kier alpha value is -7.68. The molecule has 0 amide bonds. The van der Waals surface area contributed by atoms with Crippen molar-refractivity contribution < 1.29 is 0 Å². The standard InChI is InChI=1S/C59H40N2/c1-59(2)52-22-12-10-20-47(52)49-35-50-48-21-11-13-23-54(48)61(57(50)36-53(49)59)45-32-42(40-25-24-37-14-6-7-16-39(37)30-40)31-43(33-45)41-27-28-55-51(34-41)58-46-19-9-8-15-38(46)26-29-56(58)60(55)44-17-4-3-5-18-44/h3-36H,1-2H3. The van der Waals surface area contributed by atoms with E-state index in [-0.39, 0.29) is 5.41 Å². The SMILES string of the molecule is CC1(C)c2ccccc2-c2cc3c4ccccc4n(-c4cc(-c5ccc6ccccc6c5)cc(-c5ccc6c(c5)c5c7ccccc7ccc5n6-c5ccccc5)c4)c3cc21. The van der Waals surface area contributed by atoms with Crippen LogP contribution in [0.4, 0.5) is 0 Å². The van der Waals surface area contributed by atoms with Gasteiger partial charge in [-0.1, -0.05) is 147 Å². The molecule has 2 heterocycles. The third-order valence-electron chi connectivity index (χ3n) is 13.6. The number of hydrogen-bond acceptors (Lipinski definition) is 0. The second kappa shape index (κ2) is 12.7. The van der Waals surface area contributed by atoms with Crippen molar-refractivity contribution in [3.63, 3.8) is 0 Å². The minimum atomic E-state index is -0.113. The number of benzene rings is 10. The van der Waals surface area contributed by atoms with E-state index >= 15 is 0 Å². The molecule has 2 heteroatoms. The fourth-order valence-corrected chi connectivity index (χ4v) is 10.7. The van der Waals surface area contributed by atoms with E-state index in [4.69, 9.17) is 0 Å². The highest BCUT2D eigenvalue weighted by molar-refractivity contribution is 6.22. The summed E-state index contributed by atoms with van der Waals surface area (Å²) in [5.74, 6) is 0. The van der Waals surface area contributed by atoms with Crippen molar-refractivity contribution in [3.8, 4) is 44.8 Å². The summed E-state index contributed by atoms with van der Waals surface area (Å²) in [6.45, 7) is 4.76. The number of fused-ring (bicyclic) bond motifs is 12. The monoisotopic (exact) mass is 776 g/mol. The zero-order chi connectivity index (χ0) is 40.4. The maximum atomic E-state index is 2.52. The highest BCUT2D eigenvalue weighted by Gasteiger charge is 2.36. The first-order chi connectivity index (χ1) is 30.0. The molecule has 0 radical (unpaired) electrons. The van der Waals surface area contributed by atoms with Crippen LogP contribution in [-0.4, -0.2) is 9.13 Å². The van der Waals surface area contributed by atoms with Crippen molar-refractivity contribution in [1.29, 1.82) is 0 Å². The molecule has 2 nitrogen and oxygen atoms in total. The van der Waals surface area contributed by atoms with Crippen LogP contribution >= 0.6 is 0 Å². The van der Waals surface area contributed by atoms with Crippen molar-refractivity contribution in [2.24, 2.45) is 0 Å². The fraction of sp³-hybridized carbons (Fsp3) is 0.0508. The minimum absolute atomic E-state index is 0.113. The molecule has 0 aliphatic heterocycles. The van der Waals surface area contributed by atoms with Gasteiger partial charge in [0.25, 0.3) is 0 Å². The van der Waals surface area contributed by atoms with E-state index in [1.807, 2.05) is 0 Å². The van der Waals surface area contributed by atoms with Gasteiger partial charge in [-0.3, -0.25) is 0 Å². The molecule has 2 aromatic heterocycles. The molecule has 12 aromatic rings. The van der Waals surface area contributed by atoms with Gasteiger partial charge in [0, 0.05) is 38.3 Å². The molecule has 10 aromatic carbocycles. The van der Waals surface area contributed by atoms with Crippen LogP contribution in [0.25, 0.3) is 110 Å². The molecule has 1 aliphatic carbocycles. The van der Waals surface area contributed by atoms with Crippen LogP contribution in [0.2, 0.25) is 0 Å². The van der Waals surface area contributed by atoms with Crippen molar-refractivity contribution in [2.75, 3.05) is 0 Å². The highest BCUT2D eigenvalue weighted by atomic mass is 15.0. The maximum Gasteiger partial charge on any atom is 0.0547 e. The number of rotatable bonds is 4. The van der Waals surface area contributed by atoms with Crippen LogP contribution in [0.5, 0.6) is 0 Å². The van der Waals surface area contributed by atoms with Crippen LogP contribution < -0.4 is 0 Å². The summed E-state index contributed by atoms with van der Waals surface area (Å²) in [4.78, 5) is 0. The molecule has 0 N–H and O–H groups in total. The summed E-state index contributed by atoms with van der Waals surface area (Å²) in [7, 11) is 0. The zero-order valence-corrected chi connectivity index (χ0v) is 34.0. The first-order valence-corrected chi connectivity index (χ1v) is 21.3. The first kappa shape index (κ1) is 34.2. The van der Waals surface area contributed by atoms with E-state index in [2.05, 4.69) is 229 Å². The Bertz CT molecular complexity index is 3780. The zero-order valence-electron chi connectivity index (χ0n) is 34.0. The Morgan fingerprint density at radius 3 is 1.79 bits per heavy atom. The molecule has 0 saturated heterocycles. The highest BCUT2D eigenvalue weighted by Crippen LogP contribution is 2.51. The van der Waals surface area contributed by atoms with Gasteiger partial charge in [-0.15, -0.1) is 0 Å². The van der Waals surface area contributed by atoms with Gasteiger partial charge in [0.15, 0.2) is 0 Å². The summed E-state index contributed by atoms with van der Waals surface area (Å²) in [6.07, 6.45) is 0. The van der Waals surface area contributed by atoms with Crippen LogP contribution in [0.15, 0.2) is 206 Å². The van der Waals surface area contributed by atoms with E-state index in [1.165, 1.54) is 110 Å². The summed E-state index contributed by atoms with van der Waals surface area (Å²) in [6, 6.07) is 76.9. The van der Waals surface area contributed by atoms with Gasteiger partial charge >= 0.3 is 0 Å². The number of hydrogen-bond donors (Lipinski definition) is 0. The lowest BCUT2D eigenvalue weighted by Gasteiger charge is -2.22. The van der Waals surface area contributed by atoms with Crippen molar-refractivity contribution in [2.45, 2.75) is 19.3 Å². The smallest absolute Gasteiger partial charge is 0.0547 e. The Morgan fingerprint density at radius 2 is 0.934 bits per heavy atom. The normalized spacial score (nSPS) is 13.2. The van der Waals surface area contributed by atoms with Crippen LogP contribution in [0.1, 0.15) is 25.0 Å². The summed E-state index contributed by atoms with van der Waals surface area (Å²) in [5, 5.41) is 10.1. The predicted octanol–water partition coefficient (Wildman–Crippen LogP) is 15.8. The first-order valence-electron chi connectivity index (χ1n) is 21.3. The number of para-hydroxylation sites is 2. The third kappa shape index (κ3) is 4.97. The van der Waals surface area contributed by atoms with E-state index in [0.717, 1.165) is 11.4 Å². The molecular formula is C59H40N2. The van der Waals surface area contributed by atoms with Gasteiger partial charge < -0.3 is 9.13 Å². The lowest BCUT2D eigenvalue weighted by atomic mass is 9.82. The van der Waals surface area contributed by atoms with Gasteiger partial charge in [0.05, 0.1) is 22.1 Å². The largest absolute Gasteiger partial charge is 0.309 e. The Morgan fingerprint density at radius 1 is 0.311 bits per heavy atom. The van der Waals surface area contributed by atoms with Gasteiger partial charge in [0.1, 0.15) is 0 Å². The molecule has 13 rings (SSSR count). The average Bonchev–Trinajstić information content (AvgIpc) is 3.91. The molecule has 0 saturated carbocycles. The molecule has 286 valence electrons. The molecule has 0 unspecified atom stereocenters. The fourth-order valence-electron chi connectivity index (χ4n) is 10.7. The predicted molar refractivity (Wildman–Crippen MR) is 259 cm³/mol. The Balaban J connectivity index is 1.10. The molecule has 61 heavy (non-hydrogen) atoms. The summed E-state index contributed by atoms with van der Waals surface area (Å²) >= 11 is 0. The second-order valence-electron chi connectivity index (χ2n) is 17.4. The molecule has 1 aliphatic rings. The van der Waals surface area contributed by atoms with Gasteiger partial charge in [-0.2, -0.15) is 0 Å². The van der Waals surface area contributed by atoms with E-state index in [0.29, 0.717) is 0 Å². The van der Waals surface area contributed by atoms with Gasteiger partial charge in [0.2, 0.25) is 0 Å². The quantitative estimate of drug-likeness (QED) is 0.168. The summed E-state index contributed by atoms with van der Waals surface area (Å²) in [5.41, 5.74) is 17.3. The maximum absolute atomic E-state index is 2.52. The van der Waals surface area contributed by atoms with Gasteiger partial charge in [-0.25, -0.2) is 0 Å². The van der Waals surface area contributed by atoms with E-state index in [1.54, 1.807) is 0 Å². The average molecular weight is 777 g/mol. The molecule has 0 fully saturated rings. The lowest BCUT2D eigenvalue weighted by molar-refractivity contribution is 0.661. The van der Waals surface area contributed by atoms with E-state index < -0.39 is 0 Å². The lowest BCUT2D eigenvalue weighted by Crippen LogP contribution is -2.15. The number of aromatic nitrogens is 2. The van der Waals surface area contributed by atoms with Crippen molar-refractivity contribution >= 4 is 65.2 Å². The second-order valence-corrected chi connectivity index (χ2v) is 17.4. The third-order valence-corrected chi connectivity index (χ3v) is 13.6. The van der Waals surface area contributed by atoms with Crippen molar-refractivity contribution in [3.05, 3.63) is 217 Å². The molecule has 0 spiro atoms. The minimum Gasteiger partial charge on any atom is -0.309 e. The Kier molecular flexibility index (Phi) is 7.10. The van der Waals surface area contributed by atoms with Crippen LogP contribution in [-0.2, 0) is 5.41 Å². The molecule has 0 bridgehead atoms. The number of nitrogens with zero attached hydrogens (tertiary/aromatic N) is 2. The molecular weight excluding hydrogens is 737 g/mol. The summed E-state index contributed by atoms with van der Waals surface area (Å²) < 4.78 is 4.94. The van der Waals surface area contributed by atoms with Crippen LogP contribution in [0, 0.1) is 0 Å². The Labute approximate surface area is 354 Å². The van der Waals surface area contributed by atoms with Crippen molar-refractivity contribution in [1.82, 2.24) is 9.13 Å². The van der Waals surface area contributed by atoms with E-state index in [9.17, 15) is 0 Å². The topological polar surface area (TPSA) is 9.86 Å². The van der Waals surface area contributed by atoms with Crippen LogP contribution in [0.3, 0.4) is 0 Å².